The molecule has 4 nitrogen and oxygen atoms in total. The van der Waals surface area contributed by atoms with E-state index in [1.165, 1.54) is 25.7 Å². The molecule has 1 aliphatic heterocycles. The quantitative estimate of drug-likeness (QED) is 0.671. The summed E-state index contributed by atoms with van der Waals surface area (Å²) in [4.78, 5) is 24.4. The average Bonchev–Trinajstić information content (AvgIpc) is 2.98. The van der Waals surface area contributed by atoms with Gasteiger partial charge in [0.15, 0.2) is 0 Å². The Hall–Kier alpha value is -1.32. The predicted octanol–water partition coefficient (Wildman–Crippen LogP) is 4.88. The molecule has 3 aliphatic carbocycles. The lowest BCUT2D eigenvalue weighted by Gasteiger charge is -2.59. The zero-order valence-corrected chi connectivity index (χ0v) is 19.1. The fraction of sp³-hybridized carbons (Fsp3) is 0.840. The summed E-state index contributed by atoms with van der Waals surface area (Å²) in [5.74, 6) is 2.49. The number of hydrogen-bond acceptors (Lipinski definition) is 3. The molecule has 0 aromatic heterocycles. The molecule has 2 unspecified atom stereocenters. The number of esters is 1. The van der Waals surface area contributed by atoms with Crippen molar-refractivity contribution in [2.75, 3.05) is 0 Å². The lowest BCUT2D eigenvalue weighted by molar-refractivity contribution is -0.164. The van der Waals surface area contributed by atoms with E-state index in [1.54, 1.807) is 6.08 Å². The van der Waals surface area contributed by atoms with Crippen molar-refractivity contribution in [3.8, 4) is 0 Å². The first-order chi connectivity index (χ1) is 13.5. The van der Waals surface area contributed by atoms with Crippen LogP contribution in [0, 0.1) is 39.9 Å². The van der Waals surface area contributed by atoms with Gasteiger partial charge in [0.2, 0.25) is 5.91 Å². The minimum atomic E-state index is -0.449. The molecule has 162 valence electrons. The molecular formula is C25H39NO3. The summed E-state index contributed by atoms with van der Waals surface area (Å²) in [5, 5.41) is 3.24. The zero-order valence-electron chi connectivity index (χ0n) is 19.1. The second kappa shape index (κ2) is 6.85. The largest absolute Gasteiger partial charge is 0.462 e. The summed E-state index contributed by atoms with van der Waals surface area (Å²) in [6.07, 6.45) is 11.1. The number of rotatable bonds is 2. The molecular weight excluding hydrogens is 362 g/mol. The van der Waals surface area contributed by atoms with E-state index in [2.05, 4.69) is 32.2 Å². The highest BCUT2D eigenvalue weighted by atomic mass is 16.5. The van der Waals surface area contributed by atoms with Gasteiger partial charge in [0.05, 0.1) is 5.41 Å². The van der Waals surface area contributed by atoms with Gasteiger partial charge >= 0.3 is 5.97 Å². The van der Waals surface area contributed by atoms with Crippen LogP contribution < -0.4 is 5.32 Å². The predicted molar refractivity (Wildman–Crippen MR) is 114 cm³/mol. The van der Waals surface area contributed by atoms with Crippen molar-refractivity contribution in [1.82, 2.24) is 5.32 Å². The molecule has 0 aromatic carbocycles. The van der Waals surface area contributed by atoms with E-state index in [0.717, 1.165) is 12.8 Å². The second-order valence-corrected chi connectivity index (χ2v) is 11.8. The van der Waals surface area contributed by atoms with E-state index in [-0.39, 0.29) is 34.9 Å². The molecule has 0 saturated heterocycles. The molecule has 4 aliphatic rings. The van der Waals surface area contributed by atoms with Crippen LogP contribution >= 0.6 is 0 Å². The topological polar surface area (TPSA) is 55.4 Å². The number of fused-ring (bicyclic) bond motifs is 5. The van der Waals surface area contributed by atoms with Gasteiger partial charge in [0.25, 0.3) is 0 Å². The van der Waals surface area contributed by atoms with Crippen LogP contribution in [0.1, 0.15) is 80.1 Å². The van der Waals surface area contributed by atoms with Crippen molar-refractivity contribution < 1.29 is 14.3 Å². The van der Waals surface area contributed by atoms with E-state index in [4.69, 9.17) is 4.74 Å². The maximum Gasteiger partial charge on any atom is 0.311 e. The average molecular weight is 402 g/mol. The normalized spacial score (nSPS) is 44.9. The first-order valence-corrected chi connectivity index (χ1v) is 11.7. The molecule has 4 heteroatoms. The first kappa shape index (κ1) is 20.9. The molecule has 3 saturated carbocycles. The Morgan fingerprint density at radius 3 is 2.55 bits per heavy atom. The standard InChI is InChI=1S/C25H39NO3/c1-15(29-22(28)23(2,3)4)17-8-9-18-16-7-10-20-25(6,14-12-21(27)26-20)19(16)11-13-24(17,18)5/h12,14-20H,7-11,13H2,1-6H3,(H,26,27)/t15?,16-,17+,18-,19-,20?,24+,25+/m0/s1. The minimum absolute atomic E-state index is 0.0194. The van der Waals surface area contributed by atoms with Crippen LogP contribution in [0.3, 0.4) is 0 Å². The first-order valence-electron chi connectivity index (χ1n) is 11.7. The van der Waals surface area contributed by atoms with Crippen molar-refractivity contribution >= 4 is 11.9 Å². The summed E-state index contributed by atoms with van der Waals surface area (Å²) in [6, 6.07) is 0.287. The third kappa shape index (κ3) is 3.25. The fourth-order valence-corrected chi connectivity index (χ4v) is 7.57. The van der Waals surface area contributed by atoms with E-state index >= 15 is 0 Å². The van der Waals surface area contributed by atoms with Crippen molar-refractivity contribution in [2.45, 2.75) is 92.2 Å². The molecule has 0 radical (unpaired) electrons. The van der Waals surface area contributed by atoms with Gasteiger partial charge in [-0.3, -0.25) is 9.59 Å². The van der Waals surface area contributed by atoms with E-state index in [0.29, 0.717) is 23.7 Å². The maximum atomic E-state index is 12.5. The molecule has 29 heavy (non-hydrogen) atoms. The Kier molecular flexibility index (Phi) is 4.94. The molecule has 8 atom stereocenters. The van der Waals surface area contributed by atoms with Gasteiger partial charge in [-0.2, -0.15) is 0 Å². The third-order valence-electron chi connectivity index (χ3n) is 9.23. The van der Waals surface area contributed by atoms with E-state index in [9.17, 15) is 9.59 Å². The van der Waals surface area contributed by atoms with Crippen molar-refractivity contribution in [1.29, 1.82) is 0 Å². The summed E-state index contributed by atoms with van der Waals surface area (Å²) in [7, 11) is 0. The number of ether oxygens (including phenoxy) is 1. The molecule has 4 rings (SSSR count). The molecule has 1 amide bonds. The zero-order chi connectivity index (χ0) is 21.2. The Bertz CT molecular complexity index is 722. The van der Waals surface area contributed by atoms with Crippen LogP contribution in [-0.2, 0) is 14.3 Å². The van der Waals surface area contributed by atoms with Gasteiger partial charge in [0, 0.05) is 17.4 Å². The van der Waals surface area contributed by atoms with Crippen LogP contribution in [-0.4, -0.2) is 24.0 Å². The van der Waals surface area contributed by atoms with Gasteiger partial charge in [-0.25, -0.2) is 0 Å². The Balaban J connectivity index is 1.54. The van der Waals surface area contributed by atoms with Crippen LogP contribution in [0.4, 0.5) is 0 Å². The number of amides is 1. The van der Waals surface area contributed by atoms with Crippen LogP contribution in [0.5, 0.6) is 0 Å². The van der Waals surface area contributed by atoms with Crippen molar-refractivity contribution in [2.24, 2.45) is 39.9 Å². The van der Waals surface area contributed by atoms with Gasteiger partial charge in [-0.1, -0.05) is 19.9 Å². The van der Waals surface area contributed by atoms with Crippen molar-refractivity contribution in [3.05, 3.63) is 12.2 Å². The Morgan fingerprint density at radius 2 is 1.86 bits per heavy atom. The molecule has 1 N–H and O–H groups in total. The molecule has 1 heterocycles. The van der Waals surface area contributed by atoms with Crippen LogP contribution in [0.25, 0.3) is 0 Å². The summed E-state index contributed by atoms with van der Waals surface area (Å²) in [5.41, 5.74) is -0.111. The lowest BCUT2D eigenvalue weighted by Crippen LogP contribution is -2.59. The smallest absolute Gasteiger partial charge is 0.311 e. The van der Waals surface area contributed by atoms with Gasteiger partial charge < -0.3 is 10.1 Å². The van der Waals surface area contributed by atoms with Gasteiger partial charge in [0.1, 0.15) is 6.10 Å². The third-order valence-corrected chi connectivity index (χ3v) is 9.23. The molecule has 0 bridgehead atoms. The number of hydrogen-bond donors (Lipinski definition) is 1. The molecule has 0 spiro atoms. The lowest BCUT2D eigenvalue weighted by atomic mass is 9.47. The SMILES string of the molecule is CC(OC(=O)C(C)(C)C)[C@H]1CC[C@H]2[C@@H]3CCC4NC(=O)C=C[C@]4(C)[C@H]3CC[C@]12C. The molecule has 3 fully saturated rings. The summed E-state index contributed by atoms with van der Waals surface area (Å²) < 4.78 is 5.97. The van der Waals surface area contributed by atoms with Gasteiger partial charge in [-0.05, 0) is 95.5 Å². The highest BCUT2D eigenvalue weighted by Crippen LogP contribution is 2.65. The number of nitrogens with one attached hydrogen (secondary N) is 1. The minimum Gasteiger partial charge on any atom is -0.462 e. The fourth-order valence-electron chi connectivity index (χ4n) is 7.57. The van der Waals surface area contributed by atoms with Crippen LogP contribution in [0.2, 0.25) is 0 Å². The highest BCUT2D eigenvalue weighted by molar-refractivity contribution is 5.89. The monoisotopic (exact) mass is 401 g/mol. The summed E-state index contributed by atoms with van der Waals surface area (Å²) >= 11 is 0. The summed E-state index contributed by atoms with van der Waals surface area (Å²) in [6.45, 7) is 12.8. The van der Waals surface area contributed by atoms with Crippen LogP contribution in [0.15, 0.2) is 12.2 Å². The number of carbonyl (C=O) groups is 2. The Morgan fingerprint density at radius 1 is 1.14 bits per heavy atom. The highest BCUT2D eigenvalue weighted by Gasteiger charge is 2.60. The van der Waals surface area contributed by atoms with Crippen molar-refractivity contribution in [3.63, 3.8) is 0 Å². The Labute approximate surface area is 176 Å². The molecule has 0 aromatic rings. The van der Waals surface area contributed by atoms with E-state index < -0.39 is 5.41 Å². The van der Waals surface area contributed by atoms with Gasteiger partial charge in [-0.15, -0.1) is 0 Å². The second-order valence-electron chi connectivity index (χ2n) is 11.8. The van der Waals surface area contributed by atoms with E-state index in [1.807, 2.05) is 20.8 Å². The number of carbonyl (C=O) groups excluding carboxylic acids is 2. The maximum absolute atomic E-state index is 12.5.